The van der Waals surface area contributed by atoms with Gasteiger partial charge in [0, 0.05) is 37.8 Å². The predicted octanol–water partition coefficient (Wildman–Crippen LogP) is 2.72. The summed E-state index contributed by atoms with van der Waals surface area (Å²) in [6, 6.07) is 6.37. The Hall–Kier alpha value is -2.49. The number of benzene rings is 1. The van der Waals surface area contributed by atoms with Gasteiger partial charge >= 0.3 is 6.18 Å². The quantitative estimate of drug-likeness (QED) is 0.619. The van der Waals surface area contributed by atoms with Crippen LogP contribution in [0.3, 0.4) is 0 Å². The van der Waals surface area contributed by atoms with E-state index < -0.39 is 12.8 Å². The maximum absolute atomic E-state index is 12.1. The van der Waals surface area contributed by atoms with Crippen molar-refractivity contribution in [2.75, 3.05) is 37.7 Å². The van der Waals surface area contributed by atoms with E-state index in [4.69, 9.17) is 5.73 Å². The second-order valence-corrected chi connectivity index (χ2v) is 6.88. The molecule has 3 rings (SSSR count). The first-order chi connectivity index (χ1) is 12.9. The third kappa shape index (κ3) is 5.75. The molecule has 0 unspecified atom stereocenters. The molecule has 0 atom stereocenters. The zero-order chi connectivity index (χ0) is 19.3. The lowest BCUT2D eigenvalue weighted by Crippen LogP contribution is -2.51. The molecular formula is C17H20F3N5OS. The molecule has 2 aromatic rings. The van der Waals surface area contributed by atoms with Crippen LogP contribution in [0.1, 0.15) is 5.56 Å². The van der Waals surface area contributed by atoms with Crippen molar-refractivity contribution in [2.24, 2.45) is 10.7 Å². The molecule has 27 heavy (non-hydrogen) atoms. The lowest BCUT2D eigenvalue weighted by Gasteiger charge is -2.35. The van der Waals surface area contributed by atoms with E-state index in [1.54, 1.807) is 29.7 Å². The lowest BCUT2D eigenvalue weighted by molar-refractivity contribution is -0.153. The van der Waals surface area contributed by atoms with E-state index in [1.807, 2.05) is 10.3 Å². The van der Waals surface area contributed by atoms with Gasteiger partial charge in [-0.1, -0.05) is 12.1 Å². The van der Waals surface area contributed by atoms with Gasteiger partial charge in [-0.05, 0) is 17.7 Å². The number of anilines is 1. The Morgan fingerprint density at radius 2 is 1.89 bits per heavy atom. The van der Waals surface area contributed by atoms with E-state index in [1.165, 1.54) is 12.1 Å². The van der Waals surface area contributed by atoms with Gasteiger partial charge in [0.1, 0.15) is 5.75 Å². The van der Waals surface area contributed by atoms with Crippen molar-refractivity contribution >= 4 is 22.4 Å². The lowest BCUT2D eigenvalue weighted by atomic mass is 10.2. The van der Waals surface area contributed by atoms with Crippen molar-refractivity contribution in [1.29, 1.82) is 0 Å². The van der Waals surface area contributed by atoms with Crippen LogP contribution in [0.4, 0.5) is 18.3 Å². The van der Waals surface area contributed by atoms with E-state index in [0.717, 1.165) is 36.9 Å². The molecule has 1 aromatic carbocycles. The van der Waals surface area contributed by atoms with Crippen LogP contribution in [0.2, 0.25) is 0 Å². The number of nitrogens with two attached hydrogens (primary N) is 1. The van der Waals surface area contributed by atoms with Gasteiger partial charge < -0.3 is 20.3 Å². The Kier molecular flexibility index (Phi) is 6.04. The summed E-state index contributed by atoms with van der Waals surface area (Å²) in [5, 5.41) is 2.97. The van der Waals surface area contributed by atoms with E-state index in [2.05, 4.69) is 19.6 Å². The largest absolute Gasteiger partial charge is 0.484 e. The molecular weight excluding hydrogens is 379 g/mol. The minimum Gasteiger partial charge on any atom is -0.484 e. The minimum atomic E-state index is -4.35. The zero-order valence-electron chi connectivity index (χ0n) is 14.5. The summed E-state index contributed by atoms with van der Waals surface area (Å²) >= 11 is 1.61. The molecule has 1 fully saturated rings. The molecule has 6 nitrogen and oxygen atoms in total. The second-order valence-electron chi connectivity index (χ2n) is 6.01. The van der Waals surface area contributed by atoms with Crippen LogP contribution in [-0.2, 0) is 6.54 Å². The third-order valence-electron chi connectivity index (χ3n) is 4.04. The van der Waals surface area contributed by atoms with E-state index >= 15 is 0 Å². The summed E-state index contributed by atoms with van der Waals surface area (Å²) in [7, 11) is 0. The average Bonchev–Trinajstić information content (AvgIpc) is 3.19. The summed E-state index contributed by atoms with van der Waals surface area (Å²) in [4.78, 5) is 12.9. The van der Waals surface area contributed by atoms with Crippen molar-refractivity contribution in [3.63, 3.8) is 0 Å². The number of hydrogen-bond donors (Lipinski definition) is 1. The fraction of sp³-hybridized carbons (Fsp3) is 0.412. The molecule has 10 heteroatoms. The number of guanidine groups is 1. The highest BCUT2D eigenvalue weighted by Crippen LogP contribution is 2.20. The van der Waals surface area contributed by atoms with Crippen LogP contribution < -0.4 is 15.4 Å². The van der Waals surface area contributed by atoms with Crippen LogP contribution >= 0.6 is 11.3 Å². The summed E-state index contributed by atoms with van der Waals surface area (Å²) in [6.45, 7) is 2.24. The number of thiazole rings is 1. The van der Waals surface area contributed by atoms with Crippen LogP contribution in [-0.4, -0.2) is 54.8 Å². The van der Waals surface area contributed by atoms with Gasteiger partial charge in [0.2, 0.25) is 0 Å². The molecule has 0 aliphatic carbocycles. The Labute approximate surface area is 159 Å². The molecule has 146 valence electrons. The maximum atomic E-state index is 12.1. The van der Waals surface area contributed by atoms with Crippen molar-refractivity contribution < 1.29 is 17.9 Å². The number of aromatic nitrogens is 1. The Morgan fingerprint density at radius 1 is 1.19 bits per heavy atom. The summed E-state index contributed by atoms with van der Waals surface area (Å²) < 4.78 is 41.1. The van der Waals surface area contributed by atoms with Crippen LogP contribution in [0.5, 0.6) is 5.75 Å². The van der Waals surface area contributed by atoms with E-state index in [9.17, 15) is 13.2 Å². The van der Waals surface area contributed by atoms with Gasteiger partial charge in [0.25, 0.3) is 0 Å². The predicted molar refractivity (Wildman–Crippen MR) is 99.2 cm³/mol. The number of hydrogen-bond acceptors (Lipinski definition) is 5. The Bertz CT molecular complexity index is 741. The average molecular weight is 399 g/mol. The molecule has 1 aromatic heterocycles. The molecule has 1 aliphatic heterocycles. The Balaban J connectivity index is 1.47. The number of alkyl halides is 3. The molecule has 0 spiro atoms. The molecule has 2 heterocycles. The summed E-state index contributed by atoms with van der Waals surface area (Å²) in [5.41, 5.74) is 6.93. The Morgan fingerprint density at radius 3 is 2.48 bits per heavy atom. The number of ether oxygens (including phenoxy) is 1. The molecule has 2 N–H and O–H groups in total. The molecule has 0 saturated carbocycles. The first-order valence-electron chi connectivity index (χ1n) is 8.38. The minimum absolute atomic E-state index is 0.173. The fourth-order valence-electron chi connectivity index (χ4n) is 2.63. The normalized spacial score (nSPS) is 15.9. The monoisotopic (exact) mass is 399 g/mol. The van der Waals surface area contributed by atoms with Crippen LogP contribution in [0.15, 0.2) is 40.8 Å². The highest BCUT2D eigenvalue weighted by Gasteiger charge is 2.28. The molecule has 1 saturated heterocycles. The number of piperazine rings is 1. The first kappa shape index (κ1) is 19.3. The van der Waals surface area contributed by atoms with Crippen LogP contribution in [0, 0.1) is 0 Å². The topological polar surface area (TPSA) is 67.0 Å². The number of aliphatic imine (C=N–C) groups is 1. The van der Waals surface area contributed by atoms with Gasteiger partial charge in [0.15, 0.2) is 17.7 Å². The van der Waals surface area contributed by atoms with Crippen LogP contribution in [0.25, 0.3) is 0 Å². The van der Waals surface area contributed by atoms with Crippen molar-refractivity contribution in [1.82, 2.24) is 9.88 Å². The van der Waals surface area contributed by atoms with Crippen molar-refractivity contribution in [2.45, 2.75) is 12.7 Å². The number of nitrogens with zero attached hydrogens (tertiary/aromatic N) is 4. The number of rotatable bonds is 5. The molecule has 0 amide bonds. The van der Waals surface area contributed by atoms with Gasteiger partial charge in [-0.15, -0.1) is 11.3 Å². The second kappa shape index (κ2) is 8.47. The van der Waals surface area contributed by atoms with Crippen molar-refractivity contribution in [3.05, 3.63) is 41.4 Å². The summed E-state index contributed by atoms with van der Waals surface area (Å²) in [6.07, 6.45) is -2.55. The molecule has 0 bridgehead atoms. The highest BCUT2D eigenvalue weighted by atomic mass is 32.1. The molecule has 0 radical (unpaired) electrons. The van der Waals surface area contributed by atoms with Gasteiger partial charge in [0.05, 0.1) is 6.54 Å². The van der Waals surface area contributed by atoms with Gasteiger partial charge in [-0.3, -0.25) is 0 Å². The fourth-order valence-corrected chi connectivity index (χ4v) is 3.32. The number of halogens is 3. The zero-order valence-corrected chi connectivity index (χ0v) is 15.3. The third-order valence-corrected chi connectivity index (χ3v) is 4.88. The summed E-state index contributed by atoms with van der Waals surface area (Å²) in [5.74, 6) is 0.637. The van der Waals surface area contributed by atoms with Gasteiger partial charge in [-0.25, -0.2) is 9.98 Å². The maximum Gasteiger partial charge on any atom is 0.422 e. The van der Waals surface area contributed by atoms with E-state index in [-0.39, 0.29) is 5.75 Å². The van der Waals surface area contributed by atoms with E-state index in [0.29, 0.717) is 12.5 Å². The van der Waals surface area contributed by atoms with Crippen molar-refractivity contribution in [3.8, 4) is 5.75 Å². The standard InChI is InChI=1S/C17H20F3N5OS/c18-17(19,20)12-26-14-3-1-13(2-4-14)11-23-15(21)24-6-8-25(9-7-24)16-22-5-10-27-16/h1-5,10H,6-9,11-12H2,(H2,21,23). The van der Waals surface area contributed by atoms with Gasteiger partial charge in [-0.2, -0.15) is 13.2 Å². The smallest absolute Gasteiger partial charge is 0.422 e. The SMILES string of the molecule is NC(=NCc1ccc(OCC(F)(F)F)cc1)N1CCN(c2nccs2)CC1. The molecule has 1 aliphatic rings. The first-order valence-corrected chi connectivity index (χ1v) is 9.26. The highest BCUT2D eigenvalue weighted by molar-refractivity contribution is 7.13.